The van der Waals surface area contributed by atoms with E-state index in [1.807, 2.05) is 6.07 Å². The summed E-state index contributed by atoms with van der Waals surface area (Å²) in [6.07, 6.45) is 2.94. The molecule has 0 amide bonds. The fourth-order valence-electron chi connectivity index (χ4n) is 2.71. The molecule has 2 aromatic carbocycles. The van der Waals surface area contributed by atoms with Crippen molar-refractivity contribution in [2.75, 3.05) is 12.4 Å². The van der Waals surface area contributed by atoms with Crippen LogP contribution in [0.25, 0.3) is 0 Å². The molecule has 25 heavy (non-hydrogen) atoms. The number of benzene rings is 2. The number of hydrogen-bond donors (Lipinski definition) is 2. The summed E-state index contributed by atoms with van der Waals surface area (Å²) in [7, 11) is -2.36. The number of fused-ring (bicyclic) bond motifs is 1. The van der Waals surface area contributed by atoms with E-state index in [1.165, 1.54) is 12.6 Å². The Morgan fingerprint density at radius 1 is 1.16 bits per heavy atom. The molecular weight excluding hydrogens is 360 g/mol. The van der Waals surface area contributed by atoms with Gasteiger partial charge in [-0.2, -0.15) is 8.42 Å². The maximum atomic E-state index is 12.7. The van der Waals surface area contributed by atoms with Gasteiger partial charge in [-0.1, -0.05) is 17.7 Å². The Balaban J connectivity index is 1.91. The molecule has 0 heterocycles. The summed E-state index contributed by atoms with van der Waals surface area (Å²) in [6, 6.07) is 12.0. The molecule has 0 unspecified atom stereocenters. The highest BCUT2D eigenvalue weighted by Gasteiger charge is 2.19. The van der Waals surface area contributed by atoms with E-state index in [1.54, 1.807) is 36.4 Å². The van der Waals surface area contributed by atoms with Crippen molar-refractivity contribution in [2.45, 2.75) is 24.2 Å². The van der Waals surface area contributed by atoms with Crippen LogP contribution in [-0.2, 0) is 22.9 Å². The van der Waals surface area contributed by atoms with Gasteiger partial charge in [-0.3, -0.25) is 5.01 Å². The average Bonchev–Trinajstić information content (AvgIpc) is 3.03. The Morgan fingerprint density at radius 2 is 1.84 bits per heavy atom. The van der Waals surface area contributed by atoms with Gasteiger partial charge in [0.25, 0.3) is 10.0 Å². The Labute approximate surface area is 152 Å². The second-order valence-corrected chi connectivity index (χ2v) is 7.96. The van der Waals surface area contributed by atoms with Crippen LogP contribution in [0.1, 0.15) is 17.5 Å². The lowest BCUT2D eigenvalue weighted by atomic mass is 10.1. The van der Waals surface area contributed by atoms with Crippen LogP contribution in [0.5, 0.6) is 0 Å². The Hall–Kier alpha value is -2.09. The maximum Gasteiger partial charge on any atom is 0.285 e. The third-order valence-electron chi connectivity index (χ3n) is 4.01. The molecule has 8 heteroatoms. The van der Waals surface area contributed by atoms with Crippen molar-refractivity contribution in [1.29, 1.82) is 0 Å². The molecule has 3 N–H and O–H groups in total. The number of nitrogens with two attached hydrogens (primary N) is 1. The summed E-state index contributed by atoms with van der Waals surface area (Å²) < 4.78 is 29.2. The molecule has 0 radical (unpaired) electrons. The summed E-state index contributed by atoms with van der Waals surface area (Å²) in [5, 5.41) is 4.60. The molecule has 0 spiro atoms. The molecule has 0 bridgehead atoms. The molecule has 0 fully saturated rings. The number of anilines is 1. The summed E-state index contributed by atoms with van der Waals surface area (Å²) in [4.78, 5) is 0.172. The first-order chi connectivity index (χ1) is 11.8. The van der Waals surface area contributed by atoms with Crippen LogP contribution in [0.4, 0.5) is 5.69 Å². The molecule has 0 saturated carbocycles. The van der Waals surface area contributed by atoms with Crippen molar-refractivity contribution in [3.8, 4) is 0 Å². The van der Waals surface area contributed by atoms with E-state index in [0.717, 1.165) is 29.8 Å². The van der Waals surface area contributed by atoms with E-state index in [9.17, 15) is 8.42 Å². The van der Waals surface area contributed by atoms with Crippen LogP contribution in [0.15, 0.2) is 51.8 Å². The van der Waals surface area contributed by atoms with Crippen molar-refractivity contribution in [3.05, 3.63) is 58.6 Å². The number of halogens is 1. The summed E-state index contributed by atoms with van der Waals surface area (Å²) in [5.41, 5.74) is 2.91. The lowest BCUT2D eigenvalue weighted by molar-refractivity contribution is 0.536. The van der Waals surface area contributed by atoms with E-state index in [-0.39, 0.29) is 10.9 Å². The lowest BCUT2D eigenvalue weighted by Gasteiger charge is -2.17. The third kappa shape index (κ3) is 4.12. The van der Waals surface area contributed by atoms with Crippen molar-refractivity contribution < 1.29 is 8.42 Å². The van der Waals surface area contributed by atoms with Gasteiger partial charge in [0, 0.05) is 17.8 Å². The first kappa shape index (κ1) is 17.7. The predicted octanol–water partition coefficient (Wildman–Crippen LogP) is 2.79. The number of sulfonamides is 1. The van der Waals surface area contributed by atoms with Crippen LogP contribution >= 0.6 is 11.6 Å². The molecule has 0 atom stereocenters. The van der Waals surface area contributed by atoms with Gasteiger partial charge in [-0.15, -0.1) is 4.40 Å². The monoisotopic (exact) mass is 378 g/mol. The number of nitrogens with zero attached hydrogens (tertiary/aromatic N) is 2. The highest BCUT2D eigenvalue weighted by molar-refractivity contribution is 7.90. The fraction of sp³-hybridized carbons (Fsp3) is 0.235. The zero-order chi connectivity index (χ0) is 18.0. The number of nitrogens with one attached hydrogen (secondary N) is 1. The van der Waals surface area contributed by atoms with E-state index < -0.39 is 10.0 Å². The molecular formula is C17H19ClN4O2S. The van der Waals surface area contributed by atoms with Gasteiger partial charge < -0.3 is 5.32 Å². The third-order valence-corrected chi connectivity index (χ3v) is 5.52. The first-order valence-corrected chi connectivity index (χ1v) is 9.65. The minimum Gasteiger partial charge on any atom is -0.324 e. The topological polar surface area (TPSA) is 87.8 Å². The van der Waals surface area contributed by atoms with Gasteiger partial charge in [-0.25, -0.2) is 5.84 Å². The number of guanidine groups is 1. The number of hydrazine groups is 1. The largest absolute Gasteiger partial charge is 0.324 e. The van der Waals surface area contributed by atoms with Gasteiger partial charge in [0.2, 0.25) is 5.96 Å². The van der Waals surface area contributed by atoms with Crippen LogP contribution in [-0.4, -0.2) is 26.4 Å². The summed E-state index contributed by atoms with van der Waals surface area (Å²) in [6.45, 7) is 0. The first-order valence-electron chi connectivity index (χ1n) is 7.83. The van der Waals surface area contributed by atoms with Crippen LogP contribution in [0, 0.1) is 0 Å². The molecule has 0 saturated heterocycles. The fourth-order valence-corrected chi connectivity index (χ4v) is 3.88. The second-order valence-electron chi connectivity index (χ2n) is 5.92. The van der Waals surface area contributed by atoms with Crippen LogP contribution < -0.4 is 11.2 Å². The highest BCUT2D eigenvalue weighted by Crippen LogP contribution is 2.25. The predicted molar refractivity (Wildman–Crippen MR) is 100 cm³/mol. The molecule has 0 aliphatic heterocycles. The Morgan fingerprint density at radius 3 is 2.52 bits per heavy atom. The van der Waals surface area contributed by atoms with Crippen molar-refractivity contribution >= 4 is 33.3 Å². The minimum atomic E-state index is -3.88. The highest BCUT2D eigenvalue weighted by atomic mass is 35.5. The number of aryl methyl sites for hydroxylation is 2. The zero-order valence-corrected chi connectivity index (χ0v) is 15.3. The van der Waals surface area contributed by atoms with Crippen molar-refractivity contribution in [2.24, 2.45) is 10.2 Å². The molecule has 0 aromatic heterocycles. The molecule has 6 nitrogen and oxygen atoms in total. The maximum absolute atomic E-state index is 12.7. The van der Waals surface area contributed by atoms with Crippen LogP contribution in [0.2, 0.25) is 5.02 Å². The van der Waals surface area contributed by atoms with Gasteiger partial charge >= 0.3 is 0 Å². The lowest BCUT2D eigenvalue weighted by Crippen LogP contribution is -2.39. The van der Waals surface area contributed by atoms with Gasteiger partial charge in [0.15, 0.2) is 0 Å². The smallest absolute Gasteiger partial charge is 0.285 e. The Kier molecular flexibility index (Phi) is 4.99. The minimum absolute atomic E-state index is 0.0165. The molecule has 2 aromatic rings. The van der Waals surface area contributed by atoms with Crippen molar-refractivity contribution in [3.63, 3.8) is 0 Å². The molecule has 132 valence electrons. The second kappa shape index (κ2) is 7.03. The number of rotatable bonds is 3. The summed E-state index contributed by atoms with van der Waals surface area (Å²) >= 11 is 5.85. The van der Waals surface area contributed by atoms with Crippen LogP contribution in [0.3, 0.4) is 0 Å². The average molecular weight is 379 g/mol. The van der Waals surface area contributed by atoms with E-state index in [2.05, 4.69) is 9.71 Å². The van der Waals surface area contributed by atoms with Gasteiger partial charge in [0.1, 0.15) is 0 Å². The standard InChI is InChI=1S/C17H19ClN4O2S/c1-22(19)17(20-15-8-6-14(18)7-9-15)21-25(23,24)16-10-5-12-3-2-4-13(12)11-16/h5-11H,2-4,19H2,1H3,(H,20,21). The van der Waals surface area contributed by atoms with E-state index >= 15 is 0 Å². The molecule has 1 aliphatic rings. The molecule has 3 rings (SSSR count). The number of hydrogen-bond acceptors (Lipinski definition) is 3. The summed E-state index contributed by atoms with van der Waals surface area (Å²) in [5.74, 6) is 5.76. The Bertz CT molecular complexity index is 909. The quantitative estimate of drug-likeness (QED) is 0.371. The zero-order valence-electron chi connectivity index (χ0n) is 13.7. The van der Waals surface area contributed by atoms with Gasteiger partial charge in [0.05, 0.1) is 4.90 Å². The van der Waals surface area contributed by atoms with E-state index in [4.69, 9.17) is 17.4 Å². The van der Waals surface area contributed by atoms with Gasteiger partial charge in [-0.05, 0) is 66.8 Å². The van der Waals surface area contributed by atoms with Crippen molar-refractivity contribution in [1.82, 2.24) is 5.01 Å². The SMILES string of the molecule is CN(N)/C(=N\S(=O)(=O)c1ccc2c(c1)CCC2)Nc1ccc(Cl)cc1. The normalized spacial score (nSPS) is 14.3. The van der Waals surface area contributed by atoms with E-state index in [0.29, 0.717) is 10.7 Å². The molecule has 1 aliphatic carbocycles.